The molecule has 3 aromatic rings. The zero-order chi connectivity index (χ0) is 19.2. The molecule has 2 N–H and O–H groups in total. The molecule has 0 spiro atoms. The summed E-state index contributed by atoms with van der Waals surface area (Å²) in [5.41, 5.74) is 2.13. The average Bonchev–Trinajstić information content (AvgIpc) is 3.16. The monoisotopic (exact) mass is 365 g/mol. The van der Waals surface area contributed by atoms with Gasteiger partial charge >= 0.3 is 0 Å². The van der Waals surface area contributed by atoms with Crippen molar-refractivity contribution in [3.63, 3.8) is 0 Å². The van der Waals surface area contributed by atoms with Crippen molar-refractivity contribution in [3.05, 3.63) is 72.0 Å². The van der Waals surface area contributed by atoms with Gasteiger partial charge in [0.05, 0.1) is 6.61 Å². The zero-order valence-corrected chi connectivity index (χ0v) is 15.4. The van der Waals surface area contributed by atoms with Gasteiger partial charge < -0.3 is 19.6 Å². The summed E-state index contributed by atoms with van der Waals surface area (Å²) in [7, 11) is 0. The van der Waals surface area contributed by atoms with Gasteiger partial charge in [0.25, 0.3) is 5.91 Å². The Morgan fingerprint density at radius 3 is 2.33 bits per heavy atom. The molecule has 0 fully saturated rings. The van der Waals surface area contributed by atoms with Gasteiger partial charge in [0, 0.05) is 16.8 Å². The Labute approximate surface area is 158 Å². The molecule has 5 nitrogen and oxygen atoms in total. The number of rotatable bonds is 7. The third kappa shape index (κ3) is 4.99. The maximum atomic E-state index is 12.4. The average molecular weight is 365 g/mol. The van der Waals surface area contributed by atoms with Crippen molar-refractivity contribution in [1.29, 1.82) is 0 Å². The summed E-state index contributed by atoms with van der Waals surface area (Å²) >= 11 is 0. The largest absolute Gasteiger partial charge is 0.493 e. The van der Waals surface area contributed by atoms with E-state index in [1.165, 1.54) is 0 Å². The van der Waals surface area contributed by atoms with Crippen molar-refractivity contribution < 1.29 is 19.1 Å². The Morgan fingerprint density at radius 1 is 1.04 bits per heavy atom. The van der Waals surface area contributed by atoms with Gasteiger partial charge in [-0.25, -0.2) is 0 Å². The fourth-order valence-corrected chi connectivity index (χ4v) is 2.50. The Hall–Kier alpha value is -3.05. The molecule has 2 aromatic carbocycles. The number of carbonyl (C=O) groups is 1. The van der Waals surface area contributed by atoms with Crippen LogP contribution in [-0.2, 0) is 6.61 Å². The summed E-state index contributed by atoms with van der Waals surface area (Å²) in [6, 6.07) is 18.0. The van der Waals surface area contributed by atoms with Gasteiger partial charge in [-0.3, -0.25) is 4.79 Å². The van der Waals surface area contributed by atoms with E-state index in [0.29, 0.717) is 35.3 Å². The SMILES string of the molecule is CC(C)COc1ccc(C(=O)Nc2ccc(-c3ccc(CO)o3)cc2)cc1. The molecule has 0 aliphatic heterocycles. The Bertz CT molecular complexity index is 879. The minimum Gasteiger partial charge on any atom is -0.493 e. The van der Waals surface area contributed by atoms with Crippen molar-refractivity contribution in [2.24, 2.45) is 5.92 Å². The highest BCUT2D eigenvalue weighted by Crippen LogP contribution is 2.24. The number of anilines is 1. The summed E-state index contributed by atoms with van der Waals surface area (Å²) in [5, 5.41) is 11.9. The molecule has 1 aromatic heterocycles. The van der Waals surface area contributed by atoms with Gasteiger partial charge in [0.15, 0.2) is 0 Å². The van der Waals surface area contributed by atoms with Crippen LogP contribution >= 0.6 is 0 Å². The van der Waals surface area contributed by atoms with Crippen molar-refractivity contribution in [2.45, 2.75) is 20.5 Å². The van der Waals surface area contributed by atoms with Gasteiger partial charge in [0.1, 0.15) is 23.9 Å². The summed E-state index contributed by atoms with van der Waals surface area (Å²) in [4.78, 5) is 12.4. The van der Waals surface area contributed by atoms with Crippen LogP contribution in [0.15, 0.2) is 65.1 Å². The third-order valence-electron chi connectivity index (χ3n) is 3.94. The summed E-state index contributed by atoms with van der Waals surface area (Å²) in [6.07, 6.45) is 0. The fraction of sp³-hybridized carbons (Fsp3) is 0.227. The molecule has 0 saturated heterocycles. The van der Waals surface area contributed by atoms with E-state index in [2.05, 4.69) is 19.2 Å². The van der Waals surface area contributed by atoms with Crippen LogP contribution in [0.3, 0.4) is 0 Å². The molecule has 1 heterocycles. The first kappa shape index (κ1) is 18.7. The van der Waals surface area contributed by atoms with Crippen molar-refractivity contribution in [2.75, 3.05) is 11.9 Å². The summed E-state index contributed by atoms with van der Waals surface area (Å²) in [5.74, 6) is 2.22. The number of hydrogen-bond donors (Lipinski definition) is 2. The molecule has 0 aliphatic carbocycles. The smallest absolute Gasteiger partial charge is 0.255 e. The molecular weight excluding hydrogens is 342 g/mol. The van der Waals surface area contributed by atoms with Crippen molar-refractivity contribution in [3.8, 4) is 17.1 Å². The topological polar surface area (TPSA) is 71.7 Å². The maximum absolute atomic E-state index is 12.4. The quantitative estimate of drug-likeness (QED) is 0.635. The number of ether oxygens (including phenoxy) is 1. The van der Waals surface area contributed by atoms with Crippen LogP contribution in [0.5, 0.6) is 5.75 Å². The standard InChI is InChI=1S/C22H23NO4/c1-15(2)14-26-19-9-5-17(6-10-19)22(25)23-18-7-3-16(4-8-18)21-12-11-20(13-24)27-21/h3-12,15,24H,13-14H2,1-2H3,(H,23,25). The second kappa shape index (κ2) is 8.56. The minimum atomic E-state index is -0.182. The normalized spacial score (nSPS) is 10.8. The molecule has 3 rings (SSSR count). The number of benzene rings is 2. The van der Waals surface area contributed by atoms with Gasteiger partial charge in [0.2, 0.25) is 0 Å². The number of nitrogens with one attached hydrogen (secondary N) is 1. The fourth-order valence-electron chi connectivity index (χ4n) is 2.50. The number of aliphatic hydroxyl groups is 1. The van der Waals surface area contributed by atoms with Crippen LogP contribution in [0.2, 0.25) is 0 Å². The molecule has 0 atom stereocenters. The van der Waals surface area contributed by atoms with Crippen LogP contribution in [0.25, 0.3) is 11.3 Å². The third-order valence-corrected chi connectivity index (χ3v) is 3.94. The number of furan rings is 1. The predicted octanol–water partition coefficient (Wildman–Crippen LogP) is 4.73. The first-order valence-corrected chi connectivity index (χ1v) is 8.89. The van der Waals surface area contributed by atoms with Gasteiger partial charge in [-0.2, -0.15) is 0 Å². The molecule has 5 heteroatoms. The van der Waals surface area contributed by atoms with E-state index in [1.807, 2.05) is 30.3 Å². The minimum absolute atomic E-state index is 0.130. The second-order valence-electron chi connectivity index (χ2n) is 6.68. The first-order valence-electron chi connectivity index (χ1n) is 8.89. The van der Waals surface area contributed by atoms with Gasteiger partial charge in [-0.1, -0.05) is 13.8 Å². The number of carbonyl (C=O) groups excluding carboxylic acids is 1. The lowest BCUT2D eigenvalue weighted by Crippen LogP contribution is -2.11. The summed E-state index contributed by atoms with van der Waals surface area (Å²) in [6.45, 7) is 4.69. The highest BCUT2D eigenvalue weighted by molar-refractivity contribution is 6.04. The lowest BCUT2D eigenvalue weighted by Gasteiger charge is -2.10. The van der Waals surface area contributed by atoms with E-state index >= 15 is 0 Å². The molecule has 0 bridgehead atoms. The van der Waals surface area contributed by atoms with Crippen LogP contribution in [-0.4, -0.2) is 17.6 Å². The Morgan fingerprint density at radius 2 is 1.74 bits per heavy atom. The number of amides is 1. The van der Waals surface area contributed by atoms with Crippen LogP contribution in [0, 0.1) is 5.92 Å². The number of aliphatic hydroxyl groups excluding tert-OH is 1. The first-order chi connectivity index (χ1) is 13.0. The van der Waals surface area contributed by atoms with E-state index < -0.39 is 0 Å². The van der Waals surface area contributed by atoms with E-state index in [-0.39, 0.29) is 12.5 Å². The van der Waals surface area contributed by atoms with E-state index in [9.17, 15) is 4.79 Å². The maximum Gasteiger partial charge on any atom is 0.255 e. The zero-order valence-electron chi connectivity index (χ0n) is 15.4. The van der Waals surface area contributed by atoms with Crippen LogP contribution in [0.1, 0.15) is 30.0 Å². The van der Waals surface area contributed by atoms with Crippen LogP contribution < -0.4 is 10.1 Å². The molecule has 140 valence electrons. The Kier molecular flexibility index (Phi) is 5.94. The van der Waals surface area contributed by atoms with Crippen LogP contribution in [0.4, 0.5) is 5.69 Å². The van der Waals surface area contributed by atoms with Gasteiger partial charge in [-0.05, 0) is 66.6 Å². The Balaban J connectivity index is 1.62. The summed E-state index contributed by atoms with van der Waals surface area (Å²) < 4.78 is 11.1. The predicted molar refractivity (Wildman–Crippen MR) is 105 cm³/mol. The molecule has 0 unspecified atom stereocenters. The lowest BCUT2D eigenvalue weighted by molar-refractivity contribution is 0.102. The van der Waals surface area contributed by atoms with Crippen molar-refractivity contribution in [1.82, 2.24) is 0 Å². The molecular formula is C22H23NO4. The van der Waals surface area contributed by atoms with E-state index in [1.54, 1.807) is 30.3 Å². The van der Waals surface area contributed by atoms with E-state index in [4.69, 9.17) is 14.3 Å². The van der Waals surface area contributed by atoms with Gasteiger partial charge in [-0.15, -0.1) is 0 Å². The lowest BCUT2D eigenvalue weighted by atomic mass is 10.1. The molecule has 0 saturated carbocycles. The molecule has 0 aliphatic rings. The highest BCUT2D eigenvalue weighted by atomic mass is 16.5. The van der Waals surface area contributed by atoms with Crippen molar-refractivity contribution >= 4 is 11.6 Å². The highest BCUT2D eigenvalue weighted by Gasteiger charge is 2.08. The number of hydrogen-bond acceptors (Lipinski definition) is 4. The van der Waals surface area contributed by atoms with E-state index in [0.717, 1.165) is 11.3 Å². The molecule has 0 radical (unpaired) electrons. The second-order valence-corrected chi connectivity index (χ2v) is 6.68. The molecule has 1 amide bonds. The molecule has 27 heavy (non-hydrogen) atoms.